The van der Waals surface area contributed by atoms with E-state index in [2.05, 4.69) is 4.74 Å². The maximum Gasteiger partial charge on any atom is 0.522 e. The Bertz CT molecular complexity index is 1820. The van der Waals surface area contributed by atoms with Gasteiger partial charge in [0.05, 0.1) is 18.3 Å². The Kier molecular flexibility index (Phi) is 33.0. The zero-order valence-electron chi connectivity index (χ0n) is 34.0. The Balaban J connectivity index is -0.000000142. The van der Waals surface area contributed by atoms with E-state index < -0.39 is 118 Å². The van der Waals surface area contributed by atoms with Crippen LogP contribution in [0.2, 0.25) is 0 Å². The molecular weight excluding hydrogens is 1140 g/mol. The van der Waals surface area contributed by atoms with Gasteiger partial charge < -0.3 is 29.9 Å². The summed E-state index contributed by atoms with van der Waals surface area (Å²) in [5.74, 6) is -49.1. The molecule has 0 aromatic carbocycles. The molecule has 0 aliphatic rings. The van der Waals surface area contributed by atoms with Crippen LogP contribution in [0.25, 0.3) is 0 Å². The van der Waals surface area contributed by atoms with Crippen molar-refractivity contribution in [2.24, 2.45) is 0 Å². The number of hydrogen-bond donors (Lipinski definition) is 7. The van der Waals surface area contributed by atoms with Crippen molar-refractivity contribution in [3.05, 3.63) is 0 Å². The summed E-state index contributed by atoms with van der Waals surface area (Å²) in [5.41, 5.74) is -16.6. The van der Waals surface area contributed by atoms with E-state index in [4.69, 9.17) is 64.1 Å². The van der Waals surface area contributed by atoms with Gasteiger partial charge in [0, 0.05) is 46.3 Å². The number of hydrogen-bond acceptors (Lipinski definition) is 14. The maximum atomic E-state index is 13.3. The Morgan fingerprint density at radius 2 is 0.681 bits per heavy atom. The van der Waals surface area contributed by atoms with Crippen LogP contribution in [0.5, 0.6) is 0 Å². The number of aliphatic hydroxyl groups is 2. The van der Waals surface area contributed by atoms with Crippen LogP contribution in [-0.4, -0.2) is 167 Å². The molecule has 0 heterocycles. The van der Waals surface area contributed by atoms with E-state index in [0.717, 1.165) is 6.92 Å². The molecule has 0 aliphatic carbocycles. The number of Topliss-reactive ketones (excluding diaryl/α,β-unsaturated/α-hetero) is 1. The summed E-state index contributed by atoms with van der Waals surface area (Å²) in [4.78, 5) is 40.7. The number of ketones is 1. The van der Waals surface area contributed by atoms with Gasteiger partial charge in [-0.1, -0.05) is 0 Å². The molecule has 0 amide bonds. The maximum absolute atomic E-state index is 13.3. The van der Waals surface area contributed by atoms with Crippen LogP contribution in [-0.2, 0) is 84.8 Å². The van der Waals surface area contributed by atoms with E-state index in [1.54, 1.807) is 13.8 Å². The fraction of sp³-hybridized carbons (Fsp3) is 0.840. The van der Waals surface area contributed by atoms with Crippen molar-refractivity contribution in [2.45, 2.75) is 124 Å². The van der Waals surface area contributed by atoms with Crippen LogP contribution in [0.3, 0.4) is 0 Å². The predicted molar refractivity (Wildman–Crippen MR) is 173 cm³/mol. The first-order valence-corrected chi connectivity index (χ1v) is 19.8. The molecule has 0 bridgehead atoms. The van der Waals surface area contributed by atoms with Crippen molar-refractivity contribution >= 4 is 54.0 Å². The van der Waals surface area contributed by atoms with Crippen LogP contribution in [0.1, 0.15) is 47.5 Å². The number of rotatable bonds is 14. The zero-order valence-corrected chi connectivity index (χ0v) is 38.2. The number of ether oxygens (including phenoxy) is 2. The molecule has 0 aromatic rings. The number of halogens is 21. The first-order chi connectivity index (χ1) is 29.0. The fourth-order valence-electron chi connectivity index (χ4n) is 2.37. The Hall–Kier alpha value is -2.91. The third-order valence-corrected chi connectivity index (χ3v) is 7.50. The minimum Gasteiger partial charge on any atom is -0.477 e. The molecule has 19 nitrogen and oxygen atoms in total. The molecule has 44 heteroatoms. The summed E-state index contributed by atoms with van der Waals surface area (Å²) < 4.78 is 333. The number of carboxylic acids is 2. The van der Waals surface area contributed by atoms with Crippen LogP contribution in [0.4, 0.5) is 92.2 Å². The second-order valence-corrected chi connectivity index (χ2v) is 16.0. The Morgan fingerprint density at radius 1 is 0.464 bits per heavy atom. The van der Waals surface area contributed by atoms with E-state index in [-0.39, 0.29) is 51.4 Å². The molecule has 4 unspecified atom stereocenters. The van der Waals surface area contributed by atoms with E-state index in [1.807, 2.05) is 0 Å². The number of carbonyl (C=O) groups excluding carboxylic acids is 2. The van der Waals surface area contributed by atoms with Gasteiger partial charge in [-0.25, -0.2) is 14.4 Å². The summed E-state index contributed by atoms with van der Waals surface area (Å²) in [5, 5.41) is 32.3. The third kappa shape index (κ3) is 26.9. The third-order valence-electron chi connectivity index (χ3n) is 5.75. The van der Waals surface area contributed by atoms with Gasteiger partial charge in [-0.3, -0.25) is 18.5 Å². The number of methoxy groups -OCH3 is 1. The fourth-order valence-corrected chi connectivity index (χ4v) is 2.37. The van der Waals surface area contributed by atoms with Gasteiger partial charge in [-0.2, -0.15) is 117 Å². The molecule has 0 spiro atoms. The van der Waals surface area contributed by atoms with Crippen LogP contribution >= 0.6 is 0 Å². The smallest absolute Gasteiger partial charge is 0.477 e. The molecule has 0 aliphatic heterocycles. The second-order valence-electron chi connectivity index (χ2n) is 11.8. The first-order valence-electron chi connectivity index (χ1n) is 15.4. The summed E-state index contributed by atoms with van der Waals surface area (Å²) >= 11 is 0. The molecule has 415 valence electrons. The van der Waals surface area contributed by atoms with Crippen molar-refractivity contribution in [3.63, 3.8) is 0 Å². The van der Waals surface area contributed by atoms with E-state index in [1.165, 1.54) is 14.0 Å². The van der Waals surface area contributed by atoms with Gasteiger partial charge >= 0.3 is 100 Å². The molecule has 69 heavy (non-hydrogen) atoms. The van der Waals surface area contributed by atoms with Gasteiger partial charge in [0.1, 0.15) is 6.10 Å². The minimum atomic E-state index is -6.53. The van der Waals surface area contributed by atoms with Crippen molar-refractivity contribution in [3.8, 4) is 0 Å². The van der Waals surface area contributed by atoms with E-state index in [0.29, 0.717) is 6.42 Å². The molecule has 0 saturated carbocycles. The van der Waals surface area contributed by atoms with Crippen molar-refractivity contribution < 1.29 is 206 Å². The average molecular weight is 1180 g/mol. The number of carboxylic acid groups (broad SMARTS) is 2. The summed E-state index contributed by atoms with van der Waals surface area (Å²) in [6.07, 6.45) is -2.22. The van der Waals surface area contributed by atoms with Crippen LogP contribution < -0.4 is 0 Å². The summed E-state index contributed by atoms with van der Waals surface area (Å²) in [7, 11) is -16.2. The van der Waals surface area contributed by atoms with Gasteiger partial charge in [-0.15, -0.1) is 0 Å². The van der Waals surface area contributed by atoms with E-state index in [9.17, 15) is 111 Å². The van der Waals surface area contributed by atoms with Crippen molar-refractivity contribution in [1.82, 2.24) is 0 Å². The largest absolute Gasteiger partial charge is 0.522 e. The number of aliphatic hydroxyl groups excluding tert-OH is 2. The topological polar surface area (TPSA) is 331 Å². The standard InChI is InChI=1S/C12H16F6O4.C5H2F6O4.C5H12O2.3CHF3O3S.Sc/c1-6(21-4)5-7(2)22-9(20)11(15,16)12(17,18)10(13,14)8(3)19;6-3(7,1(12)13)5(10,11)4(8,9)2(14)15;1-4(6)3-5(2)7;3*2-1(3,4)8(5,6)7;/h6-7H,5H2,1-4H3;(H,12,13)(H,14,15);4-7H,3H2,1-2H3;3*(H,5,6,7);. The summed E-state index contributed by atoms with van der Waals surface area (Å²) in [6, 6.07) is 0. The Morgan fingerprint density at radius 3 is 0.826 bits per heavy atom. The van der Waals surface area contributed by atoms with Gasteiger partial charge in [0.15, 0.2) is 0 Å². The number of aliphatic carboxylic acids is 2. The SMILES string of the molecule is CC(O)CC(C)O.COC(C)CC(C)OC(=O)C(F)(F)C(F)(F)C(F)(F)C(C)=O.O=C(O)C(F)(F)C(F)(F)C(F)(F)C(=O)O.O=S(=O)(O)C(F)(F)F.O=S(=O)(O)C(F)(F)F.O=S(=O)(O)C(F)(F)F.[Sc]. The molecule has 0 fully saturated rings. The number of carbonyl (C=O) groups is 4. The van der Waals surface area contributed by atoms with Crippen LogP contribution in [0, 0.1) is 0 Å². The average Bonchev–Trinajstić information content (AvgIpc) is 3.05. The minimum absolute atomic E-state index is 0. The molecular formula is C25H33F21O19S3Sc. The zero-order chi connectivity index (χ0) is 57.4. The molecule has 0 rings (SSSR count). The normalized spacial score (nSPS) is 14.9. The quantitative estimate of drug-likeness (QED) is 0.0507. The second kappa shape index (κ2) is 28.4. The number of esters is 1. The van der Waals surface area contributed by atoms with Crippen molar-refractivity contribution in [2.75, 3.05) is 7.11 Å². The Labute approximate surface area is 390 Å². The number of alkyl halides is 21. The molecule has 1 radical (unpaired) electrons. The molecule has 4 atom stereocenters. The van der Waals surface area contributed by atoms with Crippen molar-refractivity contribution in [1.29, 1.82) is 0 Å². The molecule has 0 saturated heterocycles. The molecule has 0 aromatic heterocycles. The van der Waals surface area contributed by atoms with Gasteiger partial charge in [0.25, 0.3) is 0 Å². The molecule has 7 N–H and O–H groups in total. The van der Waals surface area contributed by atoms with Gasteiger partial charge in [-0.05, 0) is 34.1 Å². The predicted octanol–water partition coefficient (Wildman–Crippen LogP) is 5.22. The van der Waals surface area contributed by atoms with Crippen LogP contribution in [0.15, 0.2) is 0 Å². The van der Waals surface area contributed by atoms with E-state index >= 15 is 0 Å². The summed E-state index contributed by atoms with van der Waals surface area (Å²) in [6.45, 7) is 5.92. The first kappa shape index (κ1) is 80.2. The monoisotopic (exact) mass is 1180 g/mol. The van der Waals surface area contributed by atoms with Gasteiger partial charge in [0.2, 0.25) is 5.78 Å².